The van der Waals surface area contributed by atoms with Gasteiger partial charge in [-0.1, -0.05) is 6.42 Å². The standard InChI is InChI=1S/C12H22N2O4S/c1-10-5-2-3-8-14(10)19(17,18)13-7-4-6-11(9-13)12(15)16/h10-11H,2-9H2,1H3,(H,15,16)/t10?,11-/m1/s1. The van der Waals surface area contributed by atoms with Crippen molar-refractivity contribution in [3.05, 3.63) is 0 Å². The van der Waals surface area contributed by atoms with E-state index < -0.39 is 22.1 Å². The molecule has 6 nitrogen and oxygen atoms in total. The van der Waals surface area contributed by atoms with Crippen LogP contribution in [0.2, 0.25) is 0 Å². The quantitative estimate of drug-likeness (QED) is 0.838. The van der Waals surface area contributed by atoms with E-state index in [4.69, 9.17) is 5.11 Å². The summed E-state index contributed by atoms with van der Waals surface area (Å²) in [6.45, 7) is 3.03. The highest BCUT2D eigenvalue weighted by molar-refractivity contribution is 7.86. The predicted octanol–water partition coefficient (Wildman–Crippen LogP) is 0.902. The third-order valence-corrected chi connectivity index (χ3v) is 6.22. The molecule has 19 heavy (non-hydrogen) atoms. The molecule has 0 aromatic carbocycles. The lowest BCUT2D eigenvalue weighted by atomic mass is 10.0. The summed E-state index contributed by atoms with van der Waals surface area (Å²) in [6, 6.07) is 0.0176. The van der Waals surface area contributed by atoms with Gasteiger partial charge in [0.05, 0.1) is 5.92 Å². The van der Waals surface area contributed by atoms with Crippen LogP contribution in [0.3, 0.4) is 0 Å². The Hall–Kier alpha value is -0.660. The molecular formula is C12H22N2O4S. The van der Waals surface area contributed by atoms with Crippen molar-refractivity contribution in [3.8, 4) is 0 Å². The van der Waals surface area contributed by atoms with Crippen LogP contribution in [0.25, 0.3) is 0 Å². The molecule has 2 atom stereocenters. The zero-order valence-corrected chi connectivity index (χ0v) is 12.1. The summed E-state index contributed by atoms with van der Waals surface area (Å²) in [5.41, 5.74) is 0. The van der Waals surface area contributed by atoms with Gasteiger partial charge in [0, 0.05) is 25.7 Å². The second-order valence-electron chi connectivity index (χ2n) is 5.50. The third-order valence-electron chi connectivity index (χ3n) is 4.10. The molecule has 0 aromatic rings. The Bertz CT molecular complexity index is 437. The van der Waals surface area contributed by atoms with Gasteiger partial charge < -0.3 is 5.11 Å². The molecule has 2 aliphatic rings. The first kappa shape index (κ1) is 14.7. The molecule has 0 bridgehead atoms. The summed E-state index contributed by atoms with van der Waals surface area (Å²) in [5, 5.41) is 9.05. The third kappa shape index (κ3) is 3.09. The van der Waals surface area contributed by atoms with Gasteiger partial charge in [0.15, 0.2) is 0 Å². The Morgan fingerprint density at radius 2 is 1.89 bits per heavy atom. The summed E-state index contributed by atoms with van der Waals surface area (Å²) in [6.07, 6.45) is 4.02. The molecule has 110 valence electrons. The topological polar surface area (TPSA) is 77.9 Å². The number of hydrogen-bond acceptors (Lipinski definition) is 3. The van der Waals surface area contributed by atoms with Gasteiger partial charge in [-0.2, -0.15) is 17.0 Å². The van der Waals surface area contributed by atoms with Gasteiger partial charge in [0.25, 0.3) is 10.2 Å². The zero-order valence-electron chi connectivity index (χ0n) is 11.3. The zero-order chi connectivity index (χ0) is 14.0. The summed E-state index contributed by atoms with van der Waals surface area (Å²) in [5.74, 6) is -1.46. The van der Waals surface area contributed by atoms with E-state index >= 15 is 0 Å². The largest absolute Gasteiger partial charge is 0.481 e. The van der Waals surface area contributed by atoms with E-state index in [1.165, 1.54) is 4.31 Å². The Morgan fingerprint density at radius 1 is 1.16 bits per heavy atom. The number of hydrogen-bond donors (Lipinski definition) is 1. The van der Waals surface area contributed by atoms with E-state index in [0.717, 1.165) is 19.3 Å². The van der Waals surface area contributed by atoms with E-state index in [-0.39, 0.29) is 12.6 Å². The second kappa shape index (κ2) is 5.76. The molecule has 0 radical (unpaired) electrons. The molecule has 2 heterocycles. The maximum atomic E-state index is 12.6. The fraction of sp³-hybridized carbons (Fsp3) is 0.917. The number of piperidine rings is 2. The van der Waals surface area contributed by atoms with Gasteiger partial charge in [-0.05, 0) is 32.6 Å². The Balaban J connectivity index is 2.12. The van der Waals surface area contributed by atoms with Crippen LogP contribution in [0.4, 0.5) is 0 Å². The first-order valence-corrected chi connectivity index (χ1v) is 8.32. The van der Waals surface area contributed by atoms with Crippen molar-refractivity contribution in [1.82, 2.24) is 8.61 Å². The molecule has 0 aliphatic carbocycles. The Kier molecular flexibility index (Phi) is 4.47. The maximum absolute atomic E-state index is 12.6. The minimum atomic E-state index is -3.50. The number of nitrogens with zero attached hydrogens (tertiary/aromatic N) is 2. The molecule has 0 aromatic heterocycles. The van der Waals surface area contributed by atoms with Gasteiger partial charge in [0.1, 0.15) is 0 Å². The van der Waals surface area contributed by atoms with E-state index in [1.807, 2.05) is 6.92 Å². The van der Waals surface area contributed by atoms with Crippen molar-refractivity contribution in [2.75, 3.05) is 19.6 Å². The van der Waals surface area contributed by atoms with Gasteiger partial charge in [0.2, 0.25) is 0 Å². The van der Waals surface area contributed by atoms with Crippen LogP contribution < -0.4 is 0 Å². The Morgan fingerprint density at radius 3 is 2.53 bits per heavy atom. The molecule has 1 N–H and O–H groups in total. The van der Waals surface area contributed by atoms with E-state index in [0.29, 0.717) is 25.9 Å². The first-order valence-electron chi connectivity index (χ1n) is 6.92. The van der Waals surface area contributed by atoms with Crippen LogP contribution >= 0.6 is 0 Å². The fourth-order valence-corrected chi connectivity index (χ4v) is 4.86. The van der Waals surface area contributed by atoms with E-state index in [1.54, 1.807) is 4.31 Å². The number of rotatable bonds is 3. The summed E-state index contributed by atoms with van der Waals surface area (Å²) >= 11 is 0. The maximum Gasteiger partial charge on any atom is 0.307 e. The minimum Gasteiger partial charge on any atom is -0.481 e. The van der Waals surface area contributed by atoms with Crippen molar-refractivity contribution in [2.45, 2.75) is 45.1 Å². The van der Waals surface area contributed by atoms with Crippen LogP contribution in [0, 0.1) is 5.92 Å². The van der Waals surface area contributed by atoms with Crippen molar-refractivity contribution < 1.29 is 18.3 Å². The average molecular weight is 290 g/mol. The van der Waals surface area contributed by atoms with Gasteiger partial charge in [-0.3, -0.25) is 4.79 Å². The second-order valence-corrected chi connectivity index (χ2v) is 7.38. The summed E-state index contributed by atoms with van der Waals surface area (Å²) in [7, 11) is -3.50. The average Bonchev–Trinajstić information content (AvgIpc) is 2.39. The lowest BCUT2D eigenvalue weighted by molar-refractivity contribution is -0.142. The number of carboxylic acids is 1. The summed E-state index contributed by atoms with van der Waals surface area (Å²) < 4.78 is 28.1. The van der Waals surface area contributed by atoms with Gasteiger partial charge in [-0.15, -0.1) is 0 Å². The highest BCUT2D eigenvalue weighted by atomic mass is 32.2. The number of carboxylic acid groups (broad SMARTS) is 1. The first-order chi connectivity index (χ1) is 8.93. The van der Waals surface area contributed by atoms with Crippen molar-refractivity contribution in [2.24, 2.45) is 5.92 Å². The van der Waals surface area contributed by atoms with Crippen molar-refractivity contribution in [3.63, 3.8) is 0 Å². The molecule has 1 unspecified atom stereocenters. The van der Waals surface area contributed by atoms with Crippen LogP contribution in [0.15, 0.2) is 0 Å². The highest BCUT2D eigenvalue weighted by Gasteiger charge is 2.38. The minimum absolute atomic E-state index is 0.0176. The molecule has 2 rings (SSSR count). The number of carbonyl (C=O) groups is 1. The van der Waals surface area contributed by atoms with Gasteiger partial charge in [-0.25, -0.2) is 0 Å². The fourth-order valence-electron chi connectivity index (χ4n) is 2.92. The molecule has 0 amide bonds. The number of aliphatic carboxylic acids is 1. The lowest BCUT2D eigenvalue weighted by Gasteiger charge is -2.38. The van der Waals surface area contributed by atoms with Crippen LogP contribution in [-0.4, -0.2) is 53.8 Å². The van der Waals surface area contributed by atoms with Gasteiger partial charge >= 0.3 is 5.97 Å². The lowest BCUT2D eigenvalue weighted by Crippen LogP contribution is -2.52. The van der Waals surface area contributed by atoms with E-state index in [2.05, 4.69) is 0 Å². The van der Waals surface area contributed by atoms with E-state index in [9.17, 15) is 13.2 Å². The van der Waals surface area contributed by atoms with Crippen LogP contribution in [0.5, 0.6) is 0 Å². The van der Waals surface area contributed by atoms with Crippen molar-refractivity contribution >= 4 is 16.2 Å². The predicted molar refractivity (Wildman–Crippen MR) is 70.9 cm³/mol. The normalized spacial score (nSPS) is 31.2. The molecular weight excluding hydrogens is 268 g/mol. The van der Waals surface area contributed by atoms with Crippen molar-refractivity contribution in [1.29, 1.82) is 0 Å². The smallest absolute Gasteiger partial charge is 0.307 e. The molecule has 2 fully saturated rings. The SMILES string of the molecule is CC1CCCCN1S(=O)(=O)N1CCC[C@@H](C(=O)O)C1. The molecule has 2 saturated heterocycles. The monoisotopic (exact) mass is 290 g/mol. The highest BCUT2D eigenvalue weighted by Crippen LogP contribution is 2.26. The molecule has 0 spiro atoms. The van der Waals surface area contributed by atoms with Crippen LogP contribution in [-0.2, 0) is 15.0 Å². The molecule has 0 saturated carbocycles. The molecule has 2 aliphatic heterocycles. The summed E-state index contributed by atoms with van der Waals surface area (Å²) in [4.78, 5) is 11.0. The van der Waals surface area contributed by atoms with Crippen LogP contribution in [0.1, 0.15) is 39.0 Å². The molecule has 7 heteroatoms. The Labute approximate surface area is 114 Å².